The Hall–Kier alpha value is -2.74. The lowest BCUT2D eigenvalue weighted by molar-refractivity contribution is -0.142. The summed E-state index contributed by atoms with van der Waals surface area (Å²) in [5, 5.41) is 3.35. The standard InChI is InChI=1S/C29H40ClN3O5/c1-17(2)12-24-26(35)16-19(27(31)36)13-20-14-21(32-28(20)37)9-5-4-8-18(29(38)33(24)3)15-25(34)22-10-6-7-11-23(22)30/h6-7,10-11,17-21,24H,4-5,8-9,12-16H2,1-3H3,(H2,31,36)(H,32,37)/t18-,19-,20-,21-,24+/m1/s1. The highest BCUT2D eigenvalue weighted by molar-refractivity contribution is 6.34. The summed E-state index contributed by atoms with van der Waals surface area (Å²) in [6.07, 6.45) is 3.81. The summed E-state index contributed by atoms with van der Waals surface area (Å²) in [5.74, 6) is -3.09. The van der Waals surface area contributed by atoms with Crippen molar-refractivity contribution in [2.75, 3.05) is 7.05 Å². The predicted octanol–water partition coefficient (Wildman–Crippen LogP) is 3.93. The number of nitrogens with two attached hydrogens (primary N) is 1. The van der Waals surface area contributed by atoms with Gasteiger partial charge in [0.2, 0.25) is 17.7 Å². The molecule has 0 radical (unpaired) electrons. The van der Waals surface area contributed by atoms with E-state index in [1.807, 2.05) is 13.8 Å². The molecule has 3 amide bonds. The average molecular weight is 546 g/mol. The molecule has 2 bridgehead atoms. The number of amides is 3. The summed E-state index contributed by atoms with van der Waals surface area (Å²) < 4.78 is 0. The summed E-state index contributed by atoms with van der Waals surface area (Å²) in [7, 11) is 1.60. The first kappa shape index (κ1) is 29.8. The number of carbonyl (C=O) groups is 5. The first-order chi connectivity index (χ1) is 18.0. The molecule has 1 aromatic rings. The minimum absolute atomic E-state index is 0.0123. The molecule has 2 aliphatic rings. The van der Waals surface area contributed by atoms with E-state index in [-0.39, 0.29) is 60.5 Å². The van der Waals surface area contributed by atoms with Crippen LogP contribution in [0.3, 0.4) is 0 Å². The highest BCUT2D eigenvalue weighted by atomic mass is 35.5. The van der Waals surface area contributed by atoms with Crippen LogP contribution in [0.2, 0.25) is 5.02 Å². The van der Waals surface area contributed by atoms with Crippen molar-refractivity contribution in [3.63, 3.8) is 0 Å². The topological polar surface area (TPSA) is 127 Å². The number of hydrogen-bond donors (Lipinski definition) is 2. The number of carbonyl (C=O) groups excluding carboxylic acids is 5. The molecule has 208 valence electrons. The van der Waals surface area contributed by atoms with Crippen LogP contribution in [0.25, 0.3) is 0 Å². The van der Waals surface area contributed by atoms with Gasteiger partial charge in [0, 0.05) is 49.2 Å². The second-order valence-corrected chi connectivity index (χ2v) is 11.7. The van der Waals surface area contributed by atoms with Crippen LogP contribution in [-0.4, -0.2) is 53.3 Å². The van der Waals surface area contributed by atoms with Crippen LogP contribution in [0.1, 0.15) is 82.0 Å². The maximum atomic E-state index is 13.8. The maximum absolute atomic E-state index is 13.8. The van der Waals surface area contributed by atoms with Gasteiger partial charge in [0.1, 0.15) is 0 Å². The van der Waals surface area contributed by atoms with Crippen LogP contribution in [-0.2, 0) is 19.2 Å². The second-order valence-electron chi connectivity index (χ2n) is 11.3. The van der Waals surface area contributed by atoms with Gasteiger partial charge in [-0.2, -0.15) is 0 Å². The van der Waals surface area contributed by atoms with E-state index >= 15 is 0 Å². The minimum Gasteiger partial charge on any atom is -0.369 e. The zero-order chi connectivity index (χ0) is 28.0. The molecule has 2 heterocycles. The van der Waals surface area contributed by atoms with Gasteiger partial charge in [0.05, 0.1) is 11.1 Å². The third kappa shape index (κ3) is 7.65. The maximum Gasteiger partial charge on any atom is 0.226 e. The van der Waals surface area contributed by atoms with Crippen molar-refractivity contribution in [1.29, 1.82) is 0 Å². The molecule has 2 aliphatic heterocycles. The molecule has 1 aromatic carbocycles. The third-order valence-electron chi connectivity index (χ3n) is 7.90. The van der Waals surface area contributed by atoms with Crippen molar-refractivity contribution in [1.82, 2.24) is 10.2 Å². The van der Waals surface area contributed by atoms with E-state index in [9.17, 15) is 24.0 Å². The molecule has 0 unspecified atom stereocenters. The lowest BCUT2D eigenvalue weighted by atomic mass is 9.85. The van der Waals surface area contributed by atoms with Crippen molar-refractivity contribution in [2.24, 2.45) is 29.4 Å². The molecule has 0 aliphatic carbocycles. The fourth-order valence-electron chi connectivity index (χ4n) is 5.75. The molecule has 5 atom stereocenters. The summed E-state index contributed by atoms with van der Waals surface area (Å²) in [4.78, 5) is 66.9. The smallest absolute Gasteiger partial charge is 0.226 e. The third-order valence-corrected chi connectivity index (χ3v) is 8.23. The van der Waals surface area contributed by atoms with Crippen molar-refractivity contribution in [2.45, 2.75) is 83.7 Å². The van der Waals surface area contributed by atoms with Crippen LogP contribution >= 0.6 is 11.6 Å². The average Bonchev–Trinajstić information content (AvgIpc) is 3.21. The number of nitrogens with one attached hydrogen (secondary N) is 1. The highest BCUT2D eigenvalue weighted by Crippen LogP contribution is 2.30. The van der Waals surface area contributed by atoms with Gasteiger partial charge in [-0.15, -0.1) is 0 Å². The van der Waals surface area contributed by atoms with Crippen molar-refractivity contribution in [3.05, 3.63) is 34.9 Å². The van der Waals surface area contributed by atoms with Gasteiger partial charge < -0.3 is 16.0 Å². The van der Waals surface area contributed by atoms with Crippen LogP contribution in [0, 0.1) is 23.7 Å². The lowest BCUT2D eigenvalue weighted by Crippen LogP contribution is -2.47. The molecule has 9 heteroatoms. The van der Waals surface area contributed by atoms with E-state index in [0.29, 0.717) is 36.3 Å². The number of halogens is 1. The molecule has 0 saturated carbocycles. The fraction of sp³-hybridized carbons (Fsp3) is 0.621. The highest BCUT2D eigenvalue weighted by Gasteiger charge is 2.38. The molecule has 3 rings (SSSR count). The Balaban J connectivity index is 1.91. The molecule has 2 saturated heterocycles. The van der Waals surface area contributed by atoms with E-state index < -0.39 is 23.8 Å². The summed E-state index contributed by atoms with van der Waals surface area (Å²) in [6, 6.07) is 6.01. The number of rotatable bonds is 6. The number of benzene rings is 1. The number of ketones is 2. The Morgan fingerprint density at radius 3 is 2.45 bits per heavy atom. The number of Topliss-reactive ketones (excluding diaryl/α,β-unsaturated/α-hetero) is 2. The second kappa shape index (κ2) is 13.4. The number of primary amides is 1. The van der Waals surface area contributed by atoms with Crippen LogP contribution in [0.15, 0.2) is 24.3 Å². The fourth-order valence-corrected chi connectivity index (χ4v) is 5.99. The van der Waals surface area contributed by atoms with E-state index in [1.165, 1.54) is 4.90 Å². The number of hydrogen-bond acceptors (Lipinski definition) is 5. The monoisotopic (exact) mass is 545 g/mol. The Morgan fingerprint density at radius 1 is 1.11 bits per heavy atom. The Kier molecular flexibility index (Phi) is 10.5. The van der Waals surface area contributed by atoms with Crippen molar-refractivity contribution < 1.29 is 24.0 Å². The molecule has 3 N–H and O–H groups in total. The zero-order valence-electron chi connectivity index (χ0n) is 22.6. The number of fused-ring (bicyclic) bond motifs is 2. The van der Waals surface area contributed by atoms with Gasteiger partial charge in [-0.1, -0.05) is 50.4 Å². The van der Waals surface area contributed by atoms with Crippen LogP contribution in [0.5, 0.6) is 0 Å². The van der Waals surface area contributed by atoms with E-state index in [2.05, 4.69) is 5.32 Å². The molecule has 8 nitrogen and oxygen atoms in total. The first-order valence-corrected chi connectivity index (χ1v) is 14.0. The van der Waals surface area contributed by atoms with Gasteiger partial charge >= 0.3 is 0 Å². The molecule has 2 fully saturated rings. The molecule has 38 heavy (non-hydrogen) atoms. The Bertz CT molecular complexity index is 1060. The van der Waals surface area contributed by atoms with E-state index in [1.54, 1.807) is 31.3 Å². The summed E-state index contributed by atoms with van der Waals surface area (Å²) in [5.41, 5.74) is 6.04. The summed E-state index contributed by atoms with van der Waals surface area (Å²) >= 11 is 6.25. The molecular formula is C29H40ClN3O5. The van der Waals surface area contributed by atoms with Gasteiger partial charge in [0.25, 0.3) is 0 Å². The number of likely N-dealkylation sites (N-methyl/N-ethyl adjacent to an activating group) is 1. The quantitative estimate of drug-likeness (QED) is 0.524. The number of nitrogens with zero attached hydrogens (tertiary/aromatic N) is 1. The minimum atomic E-state index is -0.780. The molecule has 0 spiro atoms. The van der Waals surface area contributed by atoms with Gasteiger partial charge in [-0.05, 0) is 50.2 Å². The van der Waals surface area contributed by atoms with Crippen LogP contribution in [0.4, 0.5) is 0 Å². The predicted molar refractivity (Wildman–Crippen MR) is 145 cm³/mol. The normalized spacial score (nSPS) is 27.6. The molecule has 0 aromatic heterocycles. The summed E-state index contributed by atoms with van der Waals surface area (Å²) in [6.45, 7) is 3.93. The van der Waals surface area contributed by atoms with Gasteiger partial charge in [0.15, 0.2) is 11.6 Å². The van der Waals surface area contributed by atoms with Gasteiger partial charge in [-0.25, -0.2) is 0 Å². The Morgan fingerprint density at radius 2 is 1.79 bits per heavy atom. The van der Waals surface area contributed by atoms with Crippen LogP contribution < -0.4 is 11.1 Å². The molecular weight excluding hydrogens is 506 g/mol. The van der Waals surface area contributed by atoms with E-state index in [4.69, 9.17) is 17.3 Å². The largest absolute Gasteiger partial charge is 0.369 e. The van der Waals surface area contributed by atoms with Crippen molar-refractivity contribution in [3.8, 4) is 0 Å². The zero-order valence-corrected chi connectivity index (χ0v) is 23.3. The van der Waals surface area contributed by atoms with Gasteiger partial charge in [-0.3, -0.25) is 24.0 Å². The van der Waals surface area contributed by atoms with E-state index in [0.717, 1.165) is 12.8 Å². The lowest BCUT2D eigenvalue weighted by Gasteiger charge is -2.32. The first-order valence-electron chi connectivity index (χ1n) is 13.6. The van der Waals surface area contributed by atoms with Crippen molar-refractivity contribution >= 4 is 40.9 Å². The SMILES string of the molecule is CC(C)C[C@H]1C(=O)C[C@H](C(N)=O)C[C@@H]2C[C@@H](CCCC[C@H](CC(=O)c3ccccc3Cl)C(=O)N1C)NC2=O. The Labute approximate surface area is 230 Å².